The number of carbonyl (C=O) groups excluding carboxylic acids is 1. The lowest BCUT2D eigenvalue weighted by molar-refractivity contribution is 0.0668. The Bertz CT molecular complexity index is 436. The van der Waals surface area contributed by atoms with Crippen LogP contribution < -0.4 is 0 Å². The van der Waals surface area contributed by atoms with Gasteiger partial charge in [-0.3, -0.25) is 9.69 Å². The minimum atomic E-state index is -0.182. The SMILES string of the molecule is CCC(C)N(CCOC)C(C)C(=O)c1cccc(Cl)c1. The number of halogens is 1. The monoisotopic (exact) mass is 297 g/mol. The molecule has 112 valence electrons. The highest BCUT2D eigenvalue weighted by Gasteiger charge is 2.25. The van der Waals surface area contributed by atoms with Crippen LogP contribution in [0.4, 0.5) is 0 Å². The maximum absolute atomic E-state index is 12.6. The van der Waals surface area contributed by atoms with Gasteiger partial charge in [-0.2, -0.15) is 0 Å². The van der Waals surface area contributed by atoms with Gasteiger partial charge in [0.15, 0.2) is 5.78 Å². The van der Waals surface area contributed by atoms with Crippen molar-refractivity contribution >= 4 is 17.4 Å². The molecule has 0 N–H and O–H groups in total. The van der Waals surface area contributed by atoms with Gasteiger partial charge in [-0.15, -0.1) is 0 Å². The van der Waals surface area contributed by atoms with Gasteiger partial charge in [0.05, 0.1) is 12.6 Å². The minimum absolute atomic E-state index is 0.101. The van der Waals surface area contributed by atoms with E-state index in [0.717, 1.165) is 13.0 Å². The van der Waals surface area contributed by atoms with Crippen molar-refractivity contribution in [3.63, 3.8) is 0 Å². The van der Waals surface area contributed by atoms with E-state index in [2.05, 4.69) is 18.7 Å². The van der Waals surface area contributed by atoms with Crippen LogP contribution in [0.15, 0.2) is 24.3 Å². The van der Waals surface area contributed by atoms with Crippen molar-refractivity contribution in [2.24, 2.45) is 0 Å². The van der Waals surface area contributed by atoms with Crippen LogP contribution in [0.2, 0.25) is 5.02 Å². The smallest absolute Gasteiger partial charge is 0.179 e. The molecule has 1 aromatic carbocycles. The maximum Gasteiger partial charge on any atom is 0.179 e. The van der Waals surface area contributed by atoms with E-state index in [4.69, 9.17) is 16.3 Å². The Morgan fingerprint density at radius 3 is 2.65 bits per heavy atom. The summed E-state index contributed by atoms with van der Waals surface area (Å²) in [5.41, 5.74) is 0.663. The molecule has 0 aliphatic rings. The van der Waals surface area contributed by atoms with E-state index in [1.165, 1.54) is 0 Å². The molecule has 4 heteroatoms. The molecule has 0 radical (unpaired) electrons. The van der Waals surface area contributed by atoms with E-state index in [1.807, 2.05) is 19.1 Å². The zero-order valence-electron chi connectivity index (χ0n) is 12.7. The third-order valence-electron chi connectivity index (χ3n) is 3.70. The molecule has 0 saturated carbocycles. The molecule has 0 spiro atoms. The van der Waals surface area contributed by atoms with Gasteiger partial charge in [-0.1, -0.05) is 30.7 Å². The van der Waals surface area contributed by atoms with Crippen LogP contribution >= 0.6 is 11.6 Å². The Balaban J connectivity index is 2.87. The summed E-state index contributed by atoms with van der Waals surface area (Å²) in [6, 6.07) is 7.29. The molecular weight excluding hydrogens is 274 g/mol. The summed E-state index contributed by atoms with van der Waals surface area (Å²) >= 11 is 5.96. The van der Waals surface area contributed by atoms with Gasteiger partial charge < -0.3 is 4.74 Å². The highest BCUT2D eigenvalue weighted by atomic mass is 35.5. The normalized spacial score (nSPS) is 14.3. The molecule has 0 aliphatic heterocycles. The van der Waals surface area contributed by atoms with Crippen molar-refractivity contribution in [1.82, 2.24) is 4.90 Å². The van der Waals surface area contributed by atoms with Gasteiger partial charge >= 0.3 is 0 Å². The number of ether oxygens (including phenoxy) is 1. The standard InChI is InChI=1S/C16H24ClNO2/c1-5-12(2)18(9-10-20-4)13(3)16(19)14-7-6-8-15(17)11-14/h6-8,11-13H,5,9-10H2,1-4H3. The fraction of sp³-hybridized carbons (Fsp3) is 0.562. The van der Waals surface area contributed by atoms with E-state index in [9.17, 15) is 4.79 Å². The van der Waals surface area contributed by atoms with Crippen LogP contribution in [0, 0.1) is 0 Å². The lowest BCUT2D eigenvalue weighted by Crippen LogP contribution is -2.46. The molecule has 1 rings (SSSR count). The first kappa shape index (κ1) is 17.2. The molecular formula is C16H24ClNO2. The Hall–Kier alpha value is -0.900. The molecule has 0 fully saturated rings. The molecule has 1 aromatic rings. The van der Waals surface area contributed by atoms with E-state index in [1.54, 1.807) is 19.2 Å². The predicted octanol–water partition coefficient (Wildman–Crippen LogP) is 3.66. The number of Topliss-reactive ketones (excluding diaryl/α,β-unsaturated/α-hetero) is 1. The Morgan fingerprint density at radius 2 is 2.10 bits per heavy atom. The zero-order chi connectivity index (χ0) is 15.1. The third kappa shape index (κ3) is 4.58. The fourth-order valence-electron chi connectivity index (χ4n) is 2.26. The minimum Gasteiger partial charge on any atom is -0.383 e. The first-order valence-electron chi connectivity index (χ1n) is 7.05. The maximum atomic E-state index is 12.6. The molecule has 0 aromatic heterocycles. The Morgan fingerprint density at radius 1 is 1.40 bits per heavy atom. The fourth-order valence-corrected chi connectivity index (χ4v) is 2.45. The second-order valence-corrected chi connectivity index (χ2v) is 5.47. The van der Waals surface area contributed by atoms with Gasteiger partial charge in [0.1, 0.15) is 0 Å². The zero-order valence-corrected chi connectivity index (χ0v) is 13.5. The molecule has 0 amide bonds. The first-order valence-corrected chi connectivity index (χ1v) is 7.43. The number of benzene rings is 1. The van der Waals surface area contributed by atoms with Crippen molar-refractivity contribution < 1.29 is 9.53 Å². The second-order valence-electron chi connectivity index (χ2n) is 5.04. The van der Waals surface area contributed by atoms with Crippen molar-refractivity contribution in [2.45, 2.75) is 39.3 Å². The van der Waals surface area contributed by atoms with E-state index < -0.39 is 0 Å². The summed E-state index contributed by atoms with van der Waals surface area (Å²) in [7, 11) is 1.68. The molecule has 20 heavy (non-hydrogen) atoms. The molecule has 0 saturated heterocycles. The average molecular weight is 298 g/mol. The molecule has 3 nitrogen and oxygen atoms in total. The average Bonchev–Trinajstić information content (AvgIpc) is 2.46. The molecule has 0 heterocycles. The summed E-state index contributed by atoms with van der Waals surface area (Å²) < 4.78 is 5.15. The topological polar surface area (TPSA) is 29.5 Å². The summed E-state index contributed by atoms with van der Waals surface area (Å²) in [6.07, 6.45) is 0.997. The van der Waals surface area contributed by atoms with Crippen LogP contribution in [0.5, 0.6) is 0 Å². The van der Waals surface area contributed by atoms with E-state index in [0.29, 0.717) is 23.2 Å². The van der Waals surface area contributed by atoms with Gasteiger partial charge in [0.2, 0.25) is 0 Å². The van der Waals surface area contributed by atoms with Gasteiger partial charge in [0, 0.05) is 30.3 Å². The van der Waals surface area contributed by atoms with Crippen LogP contribution in [0.1, 0.15) is 37.6 Å². The quantitative estimate of drug-likeness (QED) is 0.686. The van der Waals surface area contributed by atoms with Gasteiger partial charge in [-0.25, -0.2) is 0 Å². The lowest BCUT2D eigenvalue weighted by Gasteiger charge is -2.33. The predicted molar refractivity (Wildman–Crippen MR) is 83.6 cm³/mol. The first-order chi connectivity index (χ1) is 9.51. The Kier molecular flexibility index (Phi) is 7.20. The highest BCUT2D eigenvalue weighted by molar-refractivity contribution is 6.31. The Labute approximate surface area is 126 Å². The van der Waals surface area contributed by atoms with Crippen LogP contribution in [0.25, 0.3) is 0 Å². The number of ketones is 1. The number of methoxy groups -OCH3 is 1. The van der Waals surface area contributed by atoms with Gasteiger partial charge in [0.25, 0.3) is 0 Å². The van der Waals surface area contributed by atoms with Crippen molar-refractivity contribution in [2.75, 3.05) is 20.3 Å². The third-order valence-corrected chi connectivity index (χ3v) is 3.93. The van der Waals surface area contributed by atoms with Crippen molar-refractivity contribution in [3.8, 4) is 0 Å². The van der Waals surface area contributed by atoms with Crippen molar-refractivity contribution in [3.05, 3.63) is 34.9 Å². The van der Waals surface area contributed by atoms with Crippen LogP contribution in [0.3, 0.4) is 0 Å². The van der Waals surface area contributed by atoms with E-state index in [-0.39, 0.29) is 11.8 Å². The summed E-state index contributed by atoms with van der Waals surface area (Å²) in [4.78, 5) is 14.8. The number of carbonyl (C=O) groups is 1. The number of nitrogens with zero attached hydrogens (tertiary/aromatic N) is 1. The van der Waals surface area contributed by atoms with Gasteiger partial charge in [-0.05, 0) is 32.4 Å². The van der Waals surface area contributed by atoms with Crippen LogP contribution in [-0.4, -0.2) is 43.0 Å². The lowest BCUT2D eigenvalue weighted by atomic mass is 10.0. The molecule has 0 aliphatic carbocycles. The number of hydrogen-bond donors (Lipinski definition) is 0. The van der Waals surface area contributed by atoms with E-state index >= 15 is 0 Å². The second kappa shape index (κ2) is 8.40. The number of hydrogen-bond acceptors (Lipinski definition) is 3. The van der Waals surface area contributed by atoms with Crippen molar-refractivity contribution in [1.29, 1.82) is 0 Å². The molecule has 2 atom stereocenters. The summed E-state index contributed by atoms with van der Waals surface area (Å²) in [6.45, 7) is 7.58. The van der Waals surface area contributed by atoms with Crippen LogP contribution in [-0.2, 0) is 4.74 Å². The molecule has 2 unspecified atom stereocenters. The number of rotatable bonds is 8. The molecule has 0 bridgehead atoms. The highest BCUT2D eigenvalue weighted by Crippen LogP contribution is 2.17. The summed E-state index contributed by atoms with van der Waals surface area (Å²) in [5, 5.41) is 0.593. The summed E-state index contributed by atoms with van der Waals surface area (Å²) in [5.74, 6) is 0.101. The largest absolute Gasteiger partial charge is 0.383 e.